The third-order valence-electron chi connectivity index (χ3n) is 3.78. The number of hydrogen-bond acceptors (Lipinski definition) is 2. The van der Waals surface area contributed by atoms with Crippen LogP contribution in [0.5, 0.6) is 0 Å². The zero-order valence-electron chi connectivity index (χ0n) is 12.2. The topological polar surface area (TPSA) is 78.4 Å². The van der Waals surface area contributed by atoms with Gasteiger partial charge in [-0.3, -0.25) is 4.79 Å². The van der Waals surface area contributed by atoms with E-state index in [1.165, 1.54) is 0 Å². The molecule has 0 spiro atoms. The van der Waals surface area contributed by atoms with E-state index >= 15 is 0 Å². The second-order valence-corrected chi connectivity index (χ2v) is 5.57. The highest BCUT2D eigenvalue weighted by Gasteiger charge is 2.37. The number of amides is 2. The number of aliphatic carboxylic acids is 1. The lowest BCUT2D eigenvalue weighted by Gasteiger charge is -2.18. The lowest BCUT2D eigenvalue weighted by molar-refractivity contribution is -0.137. The fourth-order valence-corrected chi connectivity index (χ4v) is 2.59. The molecule has 0 aliphatic heterocycles. The number of nitrogens with one attached hydrogen (secondary N) is 2. The summed E-state index contributed by atoms with van der Waals surface area (Å²) in [7, 11) is 0. The molecule has 1 aliphatic rings. The predicted octanol–water partition coefficient (Wildman–Crippen LogP) is 2.69. The summed E-state index contributed by atoms with van der Waals surface area (Å²) in [5, 5.41) is 14.7. The normalized spacial score (nSPS) is 21.4. The molecule has 0 bridgehead atoms. The molecular weight excluding hydrogens is 268 g/mol. The number of carbonyl (C=O) groups is 2. The summed E-state index contributed by atoms with van der Waals surface area (Å²) < 4.78 is 0. The van der Waals surface area contributed by atoms with E-state index in [9.17, 15) is 9.59 Å². The lowest BCUT2D eigenvalue weighted by Crippen LogP contribution is -2.40. The van der Waals surface area contributed by atoms with E-state index in [-0.39, 0.29) is 18.5 Å². The van der Waals surface area contributed by atoms with E-state index in [0.717, 1.165) is 24.8 Å². The first kappa shape index (κ1) is 15.4. The van der Waals surface area contributed by atoms with Crippen LogP contribution >= 0.6 is 0 Å². The van der Waals surface area contributed by atoms with Gasteiger partial charge in [0.25, 0.3) is 0 Å². The zero-order chi connectivity index (χ0) is 15.2. The maximum Gasteiger partial charge on any atom is 0.315 e. The molecule has 0 heterocycles. The summed E-state index contributed by atoms with van der Waals surface area (Å²) in [6, 6.07) is 8.63. The second kappa shape index (κ2) is 7.11. The first-order chi connectivity index (χ1) is 10.1. The second-order valence-electron chi connectivity index (χ2n) is 5.57. The van der Waals surface area contributed by atoms with Crippen molar-refractivity contribution in [2.24, 2.45) is 5.92 Å². The Hall–Kier alpha value is -2.04. The molecule has 2 amide bonds. The average Bonchev–Trinajstić information content (AvgIpc) is 3.16. The molecule has 1 aromatic rings. The van der Waals surface area contributed by atoms with Crippen LogP contribution in [0, 0.1) is 5.92 Å². The summed E-state index contributed by atoms with van der Waals surface area (Å²) in [6.45, 7) is 2.13. The van der Waals surface area contributed by atoms with Crippen molar-refractivity contribution < 1.29 is 14.7 Å². The molecule has 1 aliphatic carbocycles. The van der Waals surface area contributed by atoms with Crippen molar-refractivity contribution in [3.8, 4) is 0 Å². The molecule has 0 radical (unpaired) electrons. The molecule has 0 saturated heterocycles. The maximum absolute atomic E-state index is 12.0. The van der Waals surface area contributed by atoms with E-state index in [2.05, 4.69) is 17.6 Å². The van der Waals surface area contributed by atoms with Crippen molar-refractivity contribution in [3.63, 3.8) is 0 Å². The van der Waals surface area contributed by atoms with E-state index in [1.54, 1.807) is 0 Å². The number of benzene rings is 1. The summed E-state index contributed by atoms with van der Waals surface area (Å²) in [5.41, 5.74) is 0.802. The van der Waals surface area contributed by atoms with Crippen molar-refractivity contribution in [1.82, 2.24) is 10.6 Å². The highest BCUT2D eigenvalue weighted by atomic mass is 16.4. The summed E-state index contributed by atoms with van der Waals surface area (Å²) in [4.78, 5) is 23.0. The molecular formula is C16H22N2O3. The Kier molecular flexibility index (Phi) is 5.20. The Bertz CT molecular complexity index is 490. The molecule has 2 rings (SSSR count). The molecule has 114 valence electrons. The predicted molar refractivity (Wildman–Crippen MR) is 79.9 cm³/mol. The molecule has 1 fully saturated rings. The number of carbonyl (C=O) groups excluding carboxylic acids is 1. The monoisotopic (exact) mass is 290 g/mol. The molecule has 1 saturated carbocycles. The third kappa shape index (κ3) is 4.77. The Morgan fingerprint density at radius 3 is 2.67 bits per heavy atom. The van der Waals surface area contributed by atoms with Crippen molar-refractivity contribution in [3.05, 3.63) is 35.9 Å². The van der Waals surface area contributed by atoms with E-state index < -0.39 is 12.0 Å². The van der Waals surface area contributed by atoms with Crippen LogP contribution in [0.4, 0.5) is 4.79 Å². The fraction of sp³-hybridized carbons (Fsp3) is 0.500. The van der Waals surface area contributed by atoms with Gasteiger partial charge in [-0.05, 0) is 24.3 Å². The molecule has 1 aromatic carbocycles. The Balaban J connectivity index is 1.90. The molecule has 3 N–H and O–H groups in total. The largest absolute Gasteiger partial charge is 0.481 e. The molecule has 21 heavy (non-hydrogen) atoms. The molecule has 5 heteroatoms. The number of carboxylic acids is 1. The van der Waals surface area contributed by atoms with Gasteiger partial charge < -0.3 is 15.7 Å². The maximum atomic E-state index is 12.0. The quantitative estimate of drug-likeness (QED) is 0.722. The van der Waals surface area contributed by atoms with Crippen LogP contribution in [0.3, 0.4) is 0 Å². The third-order valence-corrected chi connectivity index (χ3v) is 3.78. The molecule has 3 atom stereocenters. The van der Waals surface area contributed by atoms with Gasteiger partial charge in [-0.15, -0.1) is 0 Å². The molecule has 0 aromatic heterocycles. The highest BCUT2D eigenvalue weighted by Crippen LogP contribution is 2.34. The van der Waals surface area contributed by atoms with Crippen LogP contribution < -0.4 is 10.6 Å². The number of carboxylic acid groups (broad SMARTS) is 1. The van der Waals surface area contributed by atoms with Crippen LogP contribution in [0.2, 0.25) is 0 Å². The van der Waals surface area contributed by atoms with Crippen LogP contribution in [0.25, 0.3) is 0 Å². The number of rotatable bonds is 7. The molecule has 5 nitrogen and oxygen atoms in total. The van der Waals surface area contributed by atoms with Gasteiger partial charge in [0.15, 0.2) is 0 Å². The highest BCUT2D eigenvalue weighted by molar-refractivity contribution is 5.76. The van der Waals surface area contributed by atoms with Gasteiger partial charge >= 0.3 is 12.0 Å². The minimum absolute atomic E-state index is 0.125. The van der Waals surface area contributed by atoms with E-state index in [0.29, 0.717) is 5.92 Å². The van der Waals surface area contributed by atoms with Gasteiger partial charge in [0.05, 0.1) is 12.5 Å². The number of urea groups is 1. The van der Waals surface area contributed by atoms with Gasteiger partial charge in [0.2, 0.25) is 0 Å². The number of hydrogen-bond donors (Lipinski definition) is 3. The lowest BCUT2D eigenvalue weighted by atomic mass is 10.0. The van der Waals surface area contributed by atoms with Crippen molar-refractivity contribution in [2.75, 3.05) is 0 Å². The van der Waals surface area contributed by atoms with Crippen molar-refractivity contribution >= 4 is 12.0 Å². The Morgan fingerprint density at radius 2 is 2.05 bits per heavy atom. The Morgan fingerprint density at radius 1 is 1.33 bits per heavy atom. The zero-order valence-corrected chi connectivity index (χ0v) is 12.2. The first-order valence-electron chi connectivity index (χ1n) is 7.44. The summed E-state index contributed by atoms with van der Waals surface area (Å²) in [5.74, 6) is -0.352. The van der Waals surface area contributed by atoms with E-state index in [4.69, 9.17) is 5.11 Å². The summed E-state index contributed by atoms with van der Waals surface area (Å²) >= 11 is 0. The average molecular weight is 290 g/mol. The van der Waals surface area contributed by atoms with E-state index in [1.807, 2.05) is 30.3 Å². The van der Waals surface area contributed by atoms with Crippen LogP contribution in [0.1, 0.15) is 44.2 Å². The fourth-order valence-electron chi connectivity index (χ4n) is 2.59. The SMILES string of the molecule is CCCC1CC1NC(=O)NC(CC(=O)O)c1ccccc1. The van der Waals surface area contributed by atoms with Crippen LogP contribution in [0.15, 0.2) is 30.3 Å². The summed E-state index contributed by atoms with van der Waals surface area (Å²) in [6.07, 6.45) is 3.15. The van der Waals surface area contributed by atoms with Gasteiger partial charge in [0, 0.05) is 6.04 Å². The van der Waals surface area contributed by atoms with Crippen molar-refractivity contribution in [1.29, 1.82) is 0 Å². The van der Waals surface area contributed by atoms with Gasteiger partial charge in [-0.2, -0.15) is 0 Å². The Labute approximate surface area is 124 Å². The smallest absolute Gasteiger partial charge is 0.315 e. The van der Waals surface area contributed by atoms with Gasteiger partial charge in [-0.25, -0.2) is 4.79 Å². The first-order valence-corrected chi connectivity index (χ1v) is 7.44. The molecule has 3 unspecified atom stereocenters. The van der Waals surface area contributed by atoms with Gasteiger partial charge in [-0.1, -0.05) is 43.7 Å². The minimum atomic E-state index is -0.931. The minimum Gasteiger partial charge on any atom is -0.481 e. The standard InChI is InChI=1S/C16H22N2O3/c1-2-6-12-9-13(12)17-16(21)18-14(10-15(19)20)11-7-4-3-5-8-11/h3-5,7-8,12-14H,2,6,9-10H2,1H3,(H,19,20)(H2,17,18,21). The van der Waals surface area contributed by atoms with Crippen LogP contribution in [-0.4, -0.2) is 23.1 Å². The van der Waals surface area contributed by atoms with Gasteiger partial charge in [0.1, 0.15) is 0 Å². The van der Waals surface area contributed by atoms with Crippen LogP contribution in [-0.2, 0) is 4.79 Å². The van der Waals surface area contributed by atoms with Crippen molar-refractivity contribution in [2.45, 2.75) is 44.7 Å².